The molecule has 0 saturated carbocycles. The Morgan fingerprint density at radius 2 is 1.94 bits per heavy atom. The van der Waals surface area contributed by atoms with Crippen LogP contribution in [0.15, 0.2) is 69.0 Å². The zero-order valence-corrected chi connectivity index (χ0v) is 24.3. The number of ether oxygens (including phenoxy) is 2. The molecule has 9 heteroatoms. The van der Waals surface area contributed by atoms with Gasteiger partial charge in [-0.15, -0.1) is 0 Å². The van der Waals surface area contributed by atoms with Gasteiger partial charge in [-0.05, 0) is 82.6 Å². The number of rotatable bonds is 9. The molecule has 4 aromatic rings. The van der Waals surface area contributed by atoms with E-state index in [1.807, 2.05) is 48.5 Å². The number of hydrogen-bond donors (Lipinski definition) is 0. The molecule has 0 atom stereocenters. The van der Waals surface area contributed by atoms with Crippen molar-refractivity contribution in [3.05, 3.63) is 95.0 Å². The fraction of sp³-hybridized carbons (Fsp3) is 0.222. The molecule has 0 fully saturated rings. The van der Waals surface area contributed by atoms with Crippen molar-refractivity contribution in [2.45, 2.75) is 32.8 Å². The maximum atomic E-state index is 13.3. The Balaban J connectivity index is 1.66. The van der Waals surface area contributed by atoms with Crippen molar-refractivity contribution >= 4 is 67.2 Å². The smallest absolute Gasteiger partial charge is 0.282 e. The van der Waals surface area contributed by atoms with Crippen molar-refractivity contribution in [1.82, 2.24) is 9.66 Å². The number of hydrogen-bond acceptors (Lipinski definition) is 5. The second-order valence-electron chi connectivity index (χ2n) is 8.10. The van der Waals surface area contributed by atoms with Crippen LogP contribution in [-0.2, 0) is 13.0 Å². The number of aromatic nitrogens is 2. The van der Waals surface area contributed by atoms with Crippen molar-refractivity contribution in [3.8, 4) is 11.5 Å². The van der Waals surface area contributed by atoms with Crippen LogP contribution in [0, 0.1) is 3.57 Å². The van der Waals surface area contributed by atoms with Gasteiger partial charge >= 0.3 is 0 Å². The number of fused-ring (bicyclic) bond motifs is 1. The lowest BCUT2D eigenvalue weighted by Crippen LogP contribution is -2.22. The molecule has 4 rings (SSSR count). The zero-order chi connectivity index (χ0) is 25.7. The van der Waals surface area contributed by atoms with E-state index in [2.05, 4.69) is 50.5 Å². The molecular weight excluding hydrogens is 657 g/mol. The molecule has 0 aliphatic heterocycles. The van der Waals surface area contributed by atoms with E-state index >= 15 is 0 Å². The van der Waals surface area contributed by atoms with Crippen LogP contribution >= 0.6 is 50.1 Å². The summed E-state index contributed by atoms with van der Waals surface area (Å²) >= 11 is 11.6. The fourth-order valence-corrected chi connectivity index (χ4v) is 4.89. The minimum atomic E-state index is -0.201. The molecule has 3 aromatic carbocycles. The molecule has 0 saturated heterocycles. The van der Waals surface area contributed by atoms with E-state index in [0.29, 0.717) is 46.3 Å². The Morgan fingerprint density at radius 3 is 2.67 bits per heavy atom. The molecule has 0 unspecified atom stereocenters. The quantitative estimate of drug-likeness (QED) is 0.138. The van der Waals surface area contributed by atoms with Gasteiger partial charge in [0.15, 0.2) is 11.5 Å². The molecular formula is C27H24BrClIN3O3. The highest BCUT2D eigenvalue weighted by atomic mass is 127. The van der Waals surface area contributed by atoms with E-state index < -0.39 is 0 Å². The average Bonchev–Trinajstić information content (AvgIpc) is 2.87. The third-order valence-corrected chi connectivity index (χ3v) is 7.05. The predicted molar refractivity (Wildman–Crippen MR) is 157 cm³/mol. The third kappa shape index (κ3) is 6.27. The highest BCUT2D eigenvalue weighted by molar-refractivity contribution is 14.1. The minimum absolute atomic E-state index is 0.201. The monoisotopic (exact) mass is 679 g/mol. The van der Waals surface area contributed by atoms with Crippen LogP contribution in [0.4, 0.5) is 0 Å². The van der Waals surface area contributed by atoms with Gasteiger partial charge in [0, 0.05) is 15.9 Å². The molecule has 0 aliphatic carbocycles. The van der Waals surface area contributed by atoms with Gasteiger partial charge in [0.25, 0.3) is 5.56 Å². The van der Waals surface area contributed by atoms with Gasteiger partial charge in [-0.25, -0.2) is 4.98 Å². The Hall–Kier alpha value is -2.43. The first-order valence-corrected chi connectivity index (χ1v) is 13.6. The molecule has 6 nitrogen and oxygen atoms in total. The van der Waals surface area contributed by atoms with Crippen LogP contribution in [0.25, 0.3) is 10.9 Å². The lowest BCUT2D eigenvalue weighted by molar-refractivity contribution is 0.282. The average molecular weight is 681 g/mol. The number of halogens is 3. The maximum Gasteiger partial charge on any atom is 0.282 e. The van der Waals surface area contributed by atoms with E-state index in [4.69, 9.17) is 26.1 Å². The van der Waals surface area contributed by atoms with Gasteiger partial charge in [0.05, 0.1) is 27.8 Å². The summed E-state index contributed by atoms with van der Waals surface area (Å²) in [6, 6.07) is 16.8. The second-order valence-corrected chi connectivity index (χ2v) is 10.6. The fourth-order valence-electron chi connectivity index (χ4n) is 3.63. The molecule has 36 heavy (non-hydrogen) atoms. The normalized spacial score (nSPS) is 11.4. The van der Waals surface area contributed by atoms with Gasteiger partial charge in [0.2, 0.25) is 0 Å². The van der Waals surface area contributed by atoms with Crippen molar-refractivity contribution in [1.29, 1.82) is 0 Å². The van der Waals surface area contributed by atoms with Crippen molar-refractivity contribution in [2.75, 3.05) is 7.11 Å². The number of methoxy groups -OCH3 is 1. The first-order chi connectivity index (χ1) is 17.4. The van der Waals surface area contributed by atoms with Crippen LogP contribution < -0.4 is 15.0 Å². The van der Waals surface area contributed by atoms with Crippen LogP contribution in [0.5, 0.6) is 11.5 Å². The second kappa shape index (κ2) is 12.2. The highest BCUT2D eigenvalue weighted by Gasteiger charge is 2.13. The lowest BCUT2D eigenvalue weighted by atomic mass is 10.2. The maximum absolute atomic E-state index is 13.3. The largest absolute Gasteiger partial charge is 0.493 e. The van der Waals surface area contributed by atoms with Gasteiger partial charge in [-0.2, -0.15) is 9.78 Å². The summed E-state index contributed by atoms with van der Waals surface area (Å²) in [5, 5.41) is 5.74. The number of benzene rings is 3. The summed E-state index contributed by atoms with van der Waals surface area (Å²) in [6.07, 6.45) is 4.21. The van der Waals surface area contributed by atoms with Crippen molar-refractivity contribution in [2.24, 2.45) is 5.10 Å². The molecule has 1 heterocycles. The van der Waals surface area contributed by atoms with Gasteiger partial charge < -0.3 is 9.47 Å². The Bertz CT molecular complexity index is 1470. The van der Waals surface area contributed by atoms with E-state index in [-0.39, 0.29) is 5.56 Å². The summed E-state index contributed by atoms with van der Waals surface area (Å²) < 4.78 is 14.7. The van der Waals surface area contributed by atoms with E-state index in [9.17, 15) is 4.79 Å². The number of aryl methyl sites for hydroxylation is 1. The number of nitrogens with zero attached hydrogens (tertiary/aromatic N) is 3. The van der Waals surface area contributed by atoms with Gasteiger partial charge in [-0.3, -0.25) is 4.79 Å². The summed E-state index contributed by atoms with van der Waals surface area (Å²) in [5.74, 6) is 1.86. The van der Waals surface area contributed by atoms with E-state index in [0.717, 1.165) is 32.0 Å². The van der Waals surface area contributed by atoms with E-state index in [1.165, 1.54) is 4.68 Å². The molecule has 0 spiro atoms. The Morgan fingerprint density at radius 1 is 1.17 bits per heavy atom. The summed E-state index contributed by atoms with van der Waals surface area (Å²) in [7, 11) is 1.60. The van der Waals surface area contributed by atoms with Crippen molar-refractivity contribution in [3.63, 3.8) is 0 Å². The summed E-state index contributed by atoms with van der Waals surface area (Å²) in [6.45, 7) is 2.49. The van der Waals surface area contributed by atoms with Crippen LogP contribution in [-0.4, -0.2) is 23.0 Å². The van der Waals surface area contributed by atoms with Crippen molar-refractivity contribution < 1.29 is 9.47 Å². The SMILES string of the molecule is CCCCc1nc2ccc(Br)cc2c(=O)n1N=Cc1cc(I)c(OCc2ccc(Cl)cc2)c(OC)c1. The lowest BCUT2D eigenvalue weighted by Gasteiger charge is -2.14. The summed E-state index contributed by atoms with van der Waals surface area (Å²) in [5.41, 5.74) is 2.24. The standard InChI is InChI=1S/C27H24BrClIN3O3/c1-3-4-5-25-32-23-11-8-19(28)14-21(23)27(34)33(25)31-15-18-12-22(30)26(24(13-18)35-2)36-16-17-6-9-20(29)10-7-17/h6-15H,3-5,16H2,1-2H3. The van der Waals surface area contributed by atoms with Crippen LogP contribution in [0.2, 0.25) is 5.02 Å². The van der Waals surface area contributed by atoms with Crippen LogP contribution in [0.3, 0.4) is 0 Å². The predicted octanol–water partition coefficient (Wildman–Crippen LogP) is 7.23. The molecule has 1 aromatic heterocycles. The molecule has 186 valence electrons. The molecule has 0 aliphatic rings. The topological polar surface area (TPSA) is 65.7 Å². The highest BCUT2D eigenvalue weighted by Crippen LogP contribution is 2.34. The van der Waals surface area contributed by atoms with Gasteiger partial charge in [0.1, 0.15) is 12.4 Å². The molecule has 0 radical (unpaired) electrons. The Labute approximate surface area is 236 Å². The van der Waals surface area contributed by atoms with E-state index in [1.54, 1.807) is 19.4 Å². The molecule has 0 amide bonds. The van der Waals surface area contributed by atoms with Gasteiger partial charge in [-0.1, -0.05) is 53.0 Å². The molecule has 0 bridgehead atoms. The summed E-state index contributed by atoms with van der Waals surface area (Å²) in [4.78, 5) is 18.0. The zero-order valence-electron chi connectivity index (χ0n) is 19.8. The molecule has 0 N–H and O–H groups in total. The third-order valence-electron chi connectivity index (χ3n) is 5.50. The first-order valence-electron chi connectivity index (χ1n) is 11.4. The Kier molecular flexibility index (Phi) is 9.03. The first kappa shape index (κ1) is 26.6. The van der Waals surface area contributed by atoms with Crippen LogP contribution in [0.1, 0.15) is 36.7 Å². The minimum Gasteiger partial charge on any atom is -0.493 e. The number of unbranched alkanes of at least 4 members (excludes halogenated alkanes) is 1.